The molecule has 0 aliphatic carbocycles. The number of hydrogen-bond acceptors (Lipinski definition) is 3. The molecule has 0 aromatic carbocycles. The molecule has 1 aromatic heterocycles. The van der Waals surface area contributed by atoms with Gasteiger partial charge in [0.1, 0.15) is 16.6 Å². The first-order valence-corrected chi connectivity index (χ1v) is 5.84. The number of nitrogens with zero attached hydrogens (tertiary/aromatic N) is 1. The highest BCUT2D eigenvalue weighted by Gasteiger charge is 2.16. The lowest BCUT2D eigenvalue weighted by Gasteiger charge is -2.19. The van der Waals surface area contributed by atoms with E-state index in [9.17, 15) is 4.79 Å². The number of hydrogen-bond donors (Lipinski definition) is 1. The molecule has 0 aliphatic heterocycles. The van der Waals surface area contributed by atoms with Gasteiger partial charge in [0.25, 0.3) is 0 Å². The van der Waals surface area contributed by atoms with E-state index in [2.05, 4.69) is 10.3 Å². The minimum atomic E-state index is -0.533. The number of rotatable bonds is 2. The molecule has 1 N–H and O–H groups in total. The summed E-state index contributed by atoms with van der Waals surface area (Å²) in [5.74, 6) is 0.406. The first kappa shape index (κ1) is 13.8. The average Bonchev–Trinajstić information content (AvgIpc) is 2.13. The summed E-state index contributed by atoms with van der Waals surface area (Å²) in [5, 5.41) is 2.91. The summed E-state index contributed by atoms with van der Waals surface area (Å²) in [4.78, 5) is 15.5. The second-order valence-electron chi connectivity index (χ2n) is 4.66. The zero-order chi connectivity index (χ0) is 13.1. The normalized spacial score (nSPS) is 11.1. The lowest BCUT2D eigenvalue weighted by Crippen LogP contribution is -2.27. The predicted molar refractivity (Wildman–Crippen MR) is 68.5 cm³/mol. The van der Waals surface area contributed by atoms with E-state index in [0.29, 0.717) is 11.0 Å². The second-order valence-corrected chi connectivity index (χ2v) is 5.05. The summed E-state index contributed by atoms with van der Waals surface area (Å²) in [6, 6.07) is 3.54. The Bertz CT molecular complexity index is 413. The maximum Gasteiger partial charge on any atom is 0.413 e. The van der Waals surface area contributed by atoms with Crippen molar-refractivity contribution < 1.29 is 9.53 Å². The summed E-state index contributed by atoms with van der Waals surface area (Å²) >= 11 is 5.84. The number of carbonyl (C=O) groups excluding carboxylic acids is 1. The lowest BCUT2D eigenvalue weighted by atomic mass is 10.2. The topological polar surface area (TPSA) is 51.2 Å². The minimum absolute atomic E-state index is 0.357. The number of pyridine rings is 1. The molecule has 1 amide bonds. The van der Waals surface area contributed by atoms with Crippen molar-refractivity contribution in [1.29, 1.82) is 0 Å². The van der Waals surface area contributed by atoms with Gasteiger partial charge in [-0.3, -0.25) is 5.32 Å². The third kappa shape index (κ3) is 5.04. The van der Waals surface area contributed by atoms with Crippen LogP contribution in [0.15, 0.2) is 12.1 Å². The summed E-state index contributed by atoms with van der Waals surface area (Å²) in [7, 11) is 0. The molecule has 0 aliphatic rings. The molecule has 0 bridgehead atoms. The van der Waals surface area contributed by atoms with E-state index in [1.807, 2.05) is 6.92 Å². The standard InChI is InChI=1S/C12H17ClN2O2/c1-5-8-6-9(13)14-10(7-8)15-11(16)17-12(2,3)4/h6-7H,5H2,1-4H3,(H,14,15,16). The Kier molecular flexibility index (Phi) is 4.34. The van der Waals surface area contributed by atoms with Gasteiger partial charge >= 0.3 is 6.09 Å². The average molecular weight is 257 g/mol. The fourth-order valence-electron chi connectivity index (χ4n) is 1.23. The number of amides is 1. The maximum absolute atomic E-state index is 11.5. The third-order valence-electron chi connectivity index (χ3n) is 1.89. The lowest BCUT2D eigenvalue weighted by molar-refractivity contribution is 0.0635. The monoisotopic (exact) mass is 256 g/mol. The third-order valence-corrected chi connectivity index (χ3v) is 2.08. The van der Waals surface area contributed by atoms with Crippen LogP contribution < -0.4 is 5.32 Å². The van der Waals surface area contributed by atoms with Crippen molar-refractivity contribution in [2.45, 2.75) is 39.7 Å². The molecular formula is C12H17ClN2O2. The molecule has 0 saturated carbocycles. The molecule has 0 unspecified atom stereocenters. The number of ether oxygens (including phenoxy) is 1. The minimum Gasteiger partial charge on any atom is -0.444 e. The summed E-state index contributed by atoms with van der Waals surface area (Å²) in [6.45, 7) is 7.41. The van der Waals surface area contributed by atoms with Crippen molar-refractivity contribution in [3.8, 4) is 0 Å². The zero-order valence-electron chi connectivity index (χ0n) is 10.5. The van der Waals surface area contributed by atoms with Crippen molar-refractivity contribution in [1.82, 2.24) is 4.98 Å². The van der Waals surface area contributed by atoms with Crippen molar-refractivity contribution in [2.75, 3.05) is 5.32 Å². The number of anilines is 1. The van der Waals surface area contributed by atoms with E-state index in [-0.39, 0.29) is 0 Å². The molecule has 1 aromatic rings. The highest BCUT2D eigenvalue weighted by Crippen LogP contribution is 2.16. The van der Waals surface area contributed by atoms with Gasteiger partial charge in [-0.15, -0.1) is 0 Å². The largest absolute Gasteiger partial charge is 0.444 e. The van der Waals surface area contributed by atoms with Crippen LogP contribution in [0, 0.1) is 0 Å². The maximum atomic E-state index is 11.5. The van der Waals surface area contributed by atoms with Crippen LogP contribution in [0.1, 0.15) is 33.3 Å². The van der Waals surface area contributed by atoms with Gasteiger partial charge in [0.15, 0.2) is 0 Å². The van der Waals surface area contributed by atoms with E-state index in [1.165, 1.54) is 0 Å². The summed E-state index contributed by atoms with van der Waals surface area (Å²) in [5.41, 5.74) is 0.479. The van der Waals surface area contributed by atoms with Crippen molar-refractivity contribution >= 4 is 23.5 Å². The Balaban J connectivity index is 2.74. The molecular weight excluding hydrogens is 240 g/mol. The van der Waals surface area contributed by atoms with E-state index >= 15 is 0 Å². The quantitative estimate of drug-likeness (QED) is 0.822. The van der Waals surface area contributed by atoms with Crippen molar-refractivity contribution in [3.63, 3.8) is 0 Å². The van der Waals surface area contributed by atoms with Gasteiger partial charge in [0.2, 0.25) is 0 Å². The Labute approximate surface area is 106 Å². The van der Waals surface area contributed by atoms with E-state index in [0.717, 1.165) is 12.0 Å². The van der Waals surface area contributed by atoms with Crippen LogP contribution in [0.25, 0.3) is 0 Å². The number of aromatic nitrogens is 1. The molecule has 0 fully saturated rings. The van der Waals surface area contributed by atoms with E-state index < -0.39 is 11.7 Å². The summed E-state index contributed by atoms with van der Waals surface area (Å²) < 4.78 is 5.12. The van der Waals surface area contributed by atoms with Crippen LogP contribution in [0.5, 0.6) is 0 Å². The van der Waals surface area contributed by atoms with Gasteiger partial charge < -0.3 is 4.74 Å². The smallest absolute Gasteiger partial charge is 0.413 e. The van der Waals surface area contributed by atoms with Gasteiger partial charge in [-0.25, -0.2) is 9.78 Å². The van der Waals surface area contributed by atoms with Gasteiger partial charge in [0, 0.05) is 0 Å². The van der Waals surface area contributed by atoms with Gasteiger partial charge in [-0.2, -0.15) is 0 Å². The molecule has 0 saturated heterocycles. The van der Waals surface area contributed by atoms with E-state index in [1.54, 1.807) is 32.9 Å². The molecule has 4 nitrogen and oxygen atoms in total. The highest BCUT2D eigenvalue weighted by atomic mass is 35.5. The fourth-order valence-corrected chi connectivity index (χ4v) is 1.46. The van der Waals surface area contributed by atoms with Crippen LogP contribution in [0.3, 0.4) is 0 Å². The Hall–Kier alpha value is -1.29. The van der Waals surface area contributed by atoms with Crippen molar-refractivity contribution in [3.05, 3.63) is 22.8 Å². The SMILES string of the molecule is CCc1cc(Cl)nc(NC(=O)OC(C)(C)C)c1. The fraction of sp³-hybridized carbons (Fsp3) is 0.500. The highest BCUT2D eigenvalue weighted by molar-refractivity contribution is 6.29. The number of halogens is 1. The van der Waals surface area contributed by atoms with Crippen LogP contribution in [0.4, 0.5) is 10.6 Å². The molecule has 1 rings (SSSR count). The molecule has 5 heteroatoms. The first-order valence-electron chi connectivity index (χ1n) is 5.46. The van der Waals surface area contributed by atoms with Crippen LogP contribution in [0.2, 0.25) is 5.15 Å². The molecule has 0 atom stereocenters. The van der Waals surface area contributed by atoms with E-state index in [4.69, 9.17) is 16.3 Å². The number of aryl methyl sites for hydroxylation is 1. The molecule has 0 spiro atoms. The van der Waals surface area contributed by atoms with Gasteiger partial charge in [0.05, 0.1) is 0 Å². The molecule has 17 heavy (non-hydrogen) atoms. The van der Waals surface area contributed by atoms with Gasteiger partial charge in [-0.1, -0.05) is 18.5 Å². The van der Waals surface area contributed by atoms with Crippen LogP contribution >= 0.6 is 11.6 Å². The van der Waals surface area contributed by atoms with Crippen molar-refractivity contribution in [2.24, 2.45) is 0 Å². The zero-order valence-corrected chi connectivity index (χ0v) is 11.3. The van der Waals surface area contributed by atoms with Gasteiger partial charge in [-0.05, 0) is 44.9 Å². The molecule has 0 radical (unpaired) electrons. The first-order chi connectivity index (χ1) is 7.80. The second kappa shape index (κ2) is 5.36. The number of nitrogens with one attached hydrogen (secondary N) is 1. The molecule has 94 valence electrons. The Morgan fingerprint density at radius 1 is 1.47 bits per heavy atom. The predicted octanol–water partition coefficient (Wildman–Crippen LogP) is 3.64. The van der Waals surface area contributed by atoms with Crippen LogP contribution in [-0.4, -0.2) is 16.7 Å². The molecule has 1 heterocycles. The Morgan fingerprint density at radius 3 is 2.65 bits per heavy atom. The summed E-state index contributed by atoms with van der Waals surface area (Å²) in [6.07, 6.45) is 0.292. The Morgan fingerprint density at radius 2 is 2.12 bits per heavy atom. The number of carbonyl (C=O) groups is 1. The van der Waals surface area contributed by atoms with Crippen LogP contribution in [-0.2, 0) is 11.2 Å².